The molecule has 0 aromatic rings. The second kappa shape index (κ2) is 9.74. The minimum atomic E-state index is -0.397. The second-order valence-electron chi connectivity index (χ2n) is 14.2. The highest BCUT2D eigenvalue weighted by atomic mass is 16.3. The van der Waals surface area contributed by atoms with Crippen LogP contribution in [0.3, 0.4) is 0 Å². The Morgan fingerprint density at radius 1 is 0.727 bits per heavy atom. The molecule has 0 aromatic heterocycles. The molecule has 190 valence electrons. The Hall–Kier alpha value is -0.120. The van der Waals surface area contributed by atoms with Crippen molar-refractivity contribution in [2.75, 3.05) is 52.9 Å². The van der Waals surface area contributed by atoms with Crippen LogP contribution in [0.15, 0.2) is 0 Å². The molecule has 33 heavy (non-hydrogen) atoms. The zero-order chi connectivity index (χ0) is 23.0. The maximum absolute atomic E-state index is 12.7. The third kappa shape index (κ3) is 5.08. The van der Waals surface area contributed by atoms with Crippen LogP contribution in [0.4, 0.5) is 0 Å². The Morgan fingerprint density at radius 2 is 1.21 bits per heavy atom. The molecule has 6 fully saturated rings. The summed E-state index contributed by atoms with van der Waals surface area (Å²) in [5.74, 6) is 2.81. The summed E-state index contributed by atoms with van der Waals surface area (Å²) in [6.07, 6.45) is 21.7. The molecule has 0 amide bonds. The van der Waals surface area contributed by atoms with Gasteiger partial charge in [-0.05, 0) is 133 Å². The number of nitrogens with zero attached hydrogens (tertiary/aromatic N) is 2. The van der Waals surface area contributed by atoms with Gasteiger partial charge in [0.2, 0.25) is 0 Å². The molecule has 0 spiro atoms. The lowest BCUT2D eigenvalue weighted by molar-refractivity contribution is -0.931. The Morgan fingerprint density at radius 3 is 1.73 bits per heavy atom. The highest BCUT2D eigenvalue weighted by Crippen LogP contribution is 2.65. The van der Waals surface area contributed by atoms with E-state index in [2.05, 4.69) is 14.0 Å². The second-order valence-corrected chi connectivity index (χ2v) is 14.2. The van der Waals surface area contributed by atoms with Crippen LogP contribution < -0.4 is 0 Å². The number of hydrogen-bond donors (Lipinski definition) is 1. The van der Waals surface area contributed by atoms with Crippen molar-refractivity contribution in [1.82, 2.24) is 0 Å². The predicted molar refractivity (Wildman–Crippen MR) is 138 cm³/mol. The molecule has 0 aromatic carbocycles. The molecule has 4 saturated carbocycles. The lowest BCUT2D eigenvalue weighted by Crippen LogP contribution is -2.59. The third-order valence-electron chi connectivity index (χ3n) is 11.9. The van der Waals surface area contributed by atoms with Crippen LogP contribution in [0, 0.1) is 23.2 Å². The highest BCUT2D eigenvalue weighted by molar-refractivity contribution is 5.10. The summed E-state index contributed by atoms with van der Waals surface area (Å²) in [6.45, 7) is 11.8. The van der Waals surface area contributed by atoms with E-state index in [-0.39, 0.29) is 5.41 Å². The van der Waals surface area contributed by atoms with Gasteiger partial charge in [0.05, 0.1) is 58.5 Å². The average molecular weight is 461 g/mol. The van der Waals surface area contributed by atoms with Crippen molar-refractivity contribution in [3.8, 4) is 0 Å². The molecule has 6 aliphatic rings. The Labute approximate surface area is 205 Å². The van der Waals surface area contributed by atoms with Gasteiger partial charge in [-0.3, -0.25) is 0 Å². The average Bonchev–Trinajstić information content (AvgIpc) is 2.79. The van der Waals surface area contributed by atoms with Crippen LogP contribution in [-0.2, 0) is 0 Å². The van der Waals surface area contributed by atoms with E-state index in [1.807, 2.05) is 0 Å². The molecule has 2 heterocycles. The van der Waals surface area contributed by atoms with Crippen LogP contribution in [-0.4, -0.2) is 72.5 Å². The van der Waals surface area contributed by atoms with E-state index in [1.165, 1.54) is 145 Å². The van der Waals surface area contributed by atoms with Gasteiger partial charge in [0, 0.05) is 0 Å². The molecule has 2 saturated heterocycles. The fourth-order valence-electron chi connectivity index (χ4n) is 10.2. The fraction of sp³-hybridized carbons (Fsp3) is 1.00. The van der Waals surface area contributed by atoms with Crippen molar-refractivity contribution in [2.45, 2.75) is 115 Å². The maximum Gasteiger partial charge on any atom is 0.0787 e. The topological polar surface area (TPSA) is 20.2 Å². The van der Waals surface area contributed by atoms with Crippen molar-refractivity contribution in [3.05, 3.63) is 0 Å². The molecule has 3 heteroatoms. The van der Waals surface area contributed by atoms with E-state index in [9.17, 15) is 5.11 Å². The number of piperidine rings is 2. The first-order valence-corrected chi connectivity index (χ1v) is 15.3. The van der Waals surface area contributed by atoms with Gasteiger partial charge in [-0.1, -0.05) is 0 Å². The molecule has 6 rings (SSSR count). The van der Waals surface area contributed by atoms with Crippen LogP contribution in [0.25, 0.3) is 0 Å². The predicted octanol–water partition coefficient (Wildman–Crippen LogP) is 6.15. The quantitative estimate of drug-likeness (QED) is 0.388. The Bertz CT molecular complexity index is 612. The first kappa shape index (κ1) is 24.6. The molecule has 3 nitrogen and oxygen atoms in total. The molecule has 1 unspecified atom stereocenters. The number of aliphatic hydroxyl groups is 1. The smallest absolute Gasteiger partial charge is 0.0787 e. The minimum absolute atomic E-state index is 0.265. The fourth-order valence-corrected chi connectivity index (χ4v) is 10.2. The summed E-state index contributed by atoms with van der Waals surface area (Å²) in [5.41, 5.74) is -0.132. The van der Waals surface area contributed by atoms with Gasteiger partial charge < -0.3 is 14.1 Å². The largest absolute Gasteiger partial charge is 0.389 e. The first-order chi connectivity index (χ1) is 15.9. The van der Waals surface area contributed by atoms with E-state index in [0.29, 0.717) is 0 Å². The number of rotatable bonds is 10. The van der Waals surface area contributed by atoms with Crippen molar-refractivity contribution in [1.29, 1.82) is 0 Å². The molecular formula is C30H56N2O+2. The van der Waals surface area contributed by atoms with Gasteiger partial charge in [-0.2, -0.15) is 0 Å². The lowest BCUT2D eigenvalue weighted by atomic mass is 9.44. The van der Waals surface area contributed by atoms with Gasteiger partial charge in [0.15, 0.2) is 0 Å². The van der Waals surface area contributed by atoms with Gasteiger partial charge >= 0.3 is 0 Å². The van der Waals surface area contributed by atoms with Crippen molar-refractivity contribution in [2.24, 2.45) is 23.2 Å². The molecular weight excluding hydrogens is 404 g/mol. The first-order valence-electron chi connectivity index (χ1n) is 15.3. The molecule has 4 aliphatic carbocycles. The summed E-state index contributed by atoms with van der Waals surface area (Å²) < 4.78 is 2.61. The standard InChI is InChI=1S/C30H56N2O/c1-3-32(17-8-5-9-18-32)19-11-13-30(33,12-10-16-31(2)14-6-4-7-15-31)29-23-26-20-27(24-29)22-28(21-26)25-29/h26-28,33H,3-25H2,1-2H3/q+2. The minimum Gasteiger partial charge on any atom is -0.389 e. The molecule has 1 atom stereocenters. The molecule has 2 aliphatic heterocycles. The van der Waals surface area contributed by atoms with E-state index < -0.39 is 5.60 Å². The van der Waals surface area contributed by atoms with Crippen molar-refractivity contribution < 1.29 is 14.1 Å². The molecule has 0 radical (unpaired) electrons. The van der Waals surface area contributed by atoms with Crippen LogP contribution in [0.2, 0.25) is 0 Å². The van der Waals surface area contributed by atoms with Crippen molar-refractivity contribution >= 4 is 0 Å². The van der Waals surface area contributed by atoms with E-state index >= 15 is 0 Å². The van der Waals surface area contributed by atoms with Gasteiger partial charge in [0.25, 0.3) is 0 Å². The van der Waals surface area contributed by atoms with Gasteiger partial charge in [-0.15, -0.1) is 0 Å². The summed E-state index contributed by atoms with van der Waals surface area (Å²) in [6, 6.07) is 0. The normalized spacial score (nSPS) is 38.8. The van der Waals surface area contributed by atoms with Crippen molar-refractivity contribution in [3.63, 3.8) is 0 Å². The third-order valence-corrected chi connectivity index (χ3v) is 11.9. The SMILES string of the molecule is CC[N+]1(CCCC(O)(CCC[N+]2(C)CCCCC2)C23CC4CC(CC(C4)C2)C3)CCCCC1. The van der Waals surface area contributed by atoms with E-state index in [1.54, 1.807) is 0 Å². The molecule has 4 bridgehead atoms. The number of hydrogen-bond acceptors (Lipinski definition) is 1. The highest BCUT2D eigenvalue weighted by Gasteiger charge is 2.59. The maximum atomic E-state index is 12.7. The lowest BCUT2D eigenvalue weighted by Gasteiger charge is -2.62. The summed E-state index contributed by atoms with van der Waals surface area (Å²) in [7, 11) is 2.49. The summed E-state index contributed by atoms with van der Waals surface area (Å²) in [5, 5.41) is 12.7. The monoisotopic (exact) mass is 460 g/mol. The van der Waals surface area contributed by atoms with Gasteiger partial charge in [0.1, 0.15) is 0 Å². The zero-order valence-corrected chi connectivity index (χ0v) is 22.3. The Balaban J connectivity index is 1.27. The van der Waals surface area contributed by atoms with Crippen LogP contribution in [0.5, 0.6) is 0 Å². The zero-order valence-electron chi connectivity index (χ0n) is 22.3. The van der Waals surface area contributed by atoms with Crippen LogP contribution >= 0.6 is 0 Å². The van der Waals surface area contributed by atoms with E-state index in [0.717, 1.165) is 30.6 Å². The summed E-state index contributed by atoms with van der Waals surface area (Å²) >= 11 is 0. The number of likely N-dealkylation sites (tertiary alicyclic amines) is 2. The Kier molecular flexibility index (Phi) is 7.25. The number of quaternary nitrogens is 2. The van der Waals surface area contributed by atoms with Gasteiger partial charge in [-0.25, -0.2) is 0 Å². The molecule has 1 N–H and O–H groups in total. The summed E-state index contributed by atoms with van der Waals surface area (Å²) in [4.78, 5) is 0. The van der Waals surface area contributed by atoms with E-state index in [4.69, 9.17) is 0 Å². The van der Waals surface area contributed by atoms with Crippen LogP contribution in [0.1, 0.15) is 110 Å².